The third-order valence-corrected chi connectivity index (χ3v) is 3.03. The molecule has 0 bridgehead atoms. The zero-order chi connectivity index (χ0) is 13.2. The van der Waals surface area contributed by atoms with Crippen molar-refractivity contribution in [3.05, 3.63) is 41.1 Å². The largest absolute Gasteiger partial charge is 0.396 e. The molecule has 0 saturated heterocycles. The van der Waals surface area contributed by atoms with Crippen molar-refractivity contribution < 1.29 is 4.52 Å². The Balaban J connectivity index is 1.86. The average Bonchev–Trinajstić information content (AvgIpc) is 3.00. The summed E-state index contributed by atoms with van der Waals surface area (Å²) in [6.07, 6.45) is 4.93. The maximum atomic E-state index is 5.58. The highest BCUT2D eigenvalue weighted by Gasteiger charge is 2.13. The van der Waals surface area contributed by atoms with Crippen LogP contribution in [0.25, 0.3) is 11.5 Å². The fraction of sp³-hybridized carbons (Fsp3) is 0.0909. The minimum absolute atomic E-state index is 0.370. The van der Waals surface area contributed by atoms with Crippen LogP contribution in [0.4, 0.5) is 5.69 Å². The molecule has 0 unspecified atom stereocenters. The second-order valence-electron chi connectivity index (χ2n) is 3.82. The molecule has 96 valence electrons. The summed E-state index contributed by atoms with van der Waals surface area (Å²) in [5.41, 5.74) is 6.81. The molecule has 0 amide bonds. The van der Waals surface area contributed by atoms with Crippen LogP contribution in [0.15, 0.2) is 39.7 Å². The number of pyridine rings is 1. The summed E-state index contributed by atoms with van der Waals surface area (Å²) in [6.45, 7) is 0.370. The lowest BCUT2D eigenvalue weighted by atomic mass is 10.3. The lowest BCUT2D eigenvalue weighted by Crippen LogP contribution is -2.00. The van der Waals surface area contributed by atoms with E-state index in [1.807, 2.05) is 12.1 Å². The molecule has 2 N–H and O–H groups in total. The van der Waals surface area contributed by atoms with Crippen molar-refractivity contribution in [1.29, 1.82) is 0 Å². The van der Waals surface area contributed by atoms with Gasteiger partial charge in [0, 0.05) is 16.9 Å². The Morgan fingerprint density at radius 1 is 1.42 bits per heavy atom. The van der Waals surface area contributed by atoms with Crippen LogP contribution < -0.4 is 5.73 Å². The molecule has 3 aromatic heterocycles. The molecule has 19 heavy (non-hydrogen) atoms. The summed E-state index contributed by atoms with van der Waals surface area (Å²) in [4.78, 5) is 8.47. The van der Waals surface area contributed by atoms with Crippen molar-refractivity contribution in [2.75, 3.05) is 5.73 Å². The molecule has 3 aromatic rings. The van der Waals surface area contributed by atoms with Gasteiger partial charge in [-0.1, -0.05) is 5.16 Å². The van der Waals surface area contributed by atoms with Crippen LogP contribution in [0.3, 0.4) is 0 Å². The van der Waals surface area contributed by atoms with Gasteiger partial charge in [-0.2, -0.15) is 10.1 Å². The van der Waals surface area contributed by atoms with Crippen molar-refractivity contribution in [2.24, 2.45) is 0 Å². The van der Waals surface area contributed by atoms with Crippen molar-refractivity contribution in [3.8, 4) is 11.5 Å². The van der Waals surface area contributed by atoms with Crippen LogP contribution in [0.5, 0.6) is 0 Å². The maximum Gasteiger partial charge on any atom is 0.248 e. The highest BCUT2D eigenvalue weighted by Crippen LogP contribution is 2.22. The second kappa shape index (κ2) is 4.81. The zero-order valence-corrected chi connectivity index (χ0v) is 11.3. The van der Waals surface area contributed by atoms with Crippen LogP contribution in [-0.2, 0) is 6.54 Å². The Hall–Kier alpha value is -2.22. The molecular formula is C11H9BrN6O. The van der Waals surface area contributed by atoms with Gasteiger partial charge in [0.1, 0.15) is 12.2 Å². The van der Waals surface area contributed by atoms with Gasteiger partial charge < -0.3 is 10.3 Å². The third-order valence-electron chi connectivity index (χ3n) is 2.39. The van der Waals surface area contributed by atoms with Gasteiger partial charge in [-0.25, -0.2) is 0 Å². The number of hydrogen-bond acceptors (Lipinski definition) is 6. The van der Waals surface area contributed by atoms with Gasteiger partial charge in [0.2, 0.25) is 11.7 Å². The minimum Gasteiger partial charge on any atom is -0.396 e. The Morgan fingerprint density at radius 2 is 2.32 bits per heavy atom. The first-order valence-electron chi connectivity index (χ1n) is 5.44. The van der Waals surface area contributed by atoms with Crippen molar-refractivity contribution in [2.45, 2.75) is 6.54 Å². The molecule has 3 rings (SSSR count). The Morgan fingerprint density at radius 3 is 3.05 bits per heavy atom. The van der Waals surface area contributed by atoms with Gasteiger partial charge in [-0.3, -0.25) is 9.67 Å². The van der Waals surface area contributed by atoms with E-state index in [9.17, 15) is 0 Å². The quantitative estimate of drug-likeness (QED) is 0.789. The Bertz CT molecular complexity index is 707. The van der Waals surface area contributed by atoms with E-state index in [-0.39, 0.29) is 0 Å². The van der Waals surface area contributed by atoms with Gasteiger partial charge in [0.05, 0.1) is 11.9 Å². The maximum absolute atomic E-state index is 5.58. The predicted octanol–water partition coefficient (Wildman–Crippen LogP) is 1.72. The molecular weight excluding hydrogens is 312 g/mol. The van der Waals surface area contributed by atoms with E-state index in [2.05, 4.69) is 36.2 Å². The van der Waals surface area contributed by atoms with Crippen LogP contribution in [0, 0.1) is 0 Å². The summed E-state index contributed by atoms with van der Waals surface area (Å²) in [5.74, 6) is 0.873. The zero-order valence-electron chi connectivity index (χ0n) is 9.69. The highest BCUT2D eigenvalue weighted by atomic mass is 79.9. The molecule has 3 heterocycles. The number of anilines is 1. The molecule has 0 fully saturated rings. The van der Waals surface area contributed by atoms with E-state index in [0.717, 1.165) is 4.47 Å². The SMILES string of the molecule is Nc1cnn(Cc2nc(-c3ncccc3Br)no2)c1. The number of nitrogen functional groups attached to an aromatic ring is 1. The minimum atomic E-state index is 0.370. The first kappa shape index (κ1) is 11.8. The number of hydrogen-bond donors (Lipinski definition) is 1. The van der Waals surface area contributed by atoms with Gasteiger partial charge >= 0.3 is 0 Å². The number of nitrogens with two attached hydrogens (primary N) is 1. The molecule has 0 aromatic carbocycles. The molecule has 0 aliphatic rings. The van der Waals surface area contributed by atoms with Crippen LogP contribution in [-0.4, -0.2) is 24.9 Å². The third kappa shape index (κ3) is 2.48. The lowest BCUT2D eigenvalue weighted by Gasteiger charge is -1.95. The number of halogens is 1. The molecule has 8 heteroatoms. The van der Waals surface area contributed by atoms with Gasteiger partial charge in [-0.05, 0) is 28.1 Å². The summed E-state index contributed by atoms with van der Waals surface area (Å²) in [5, 5.41) is 7.95. The summed E-state index contributed by atoms with van der Waals surface area (Å²) in [6, 6.07) is 3.69. The van der Waals surface area contributed by atoms with Gasteiger partial charge in [0.25, 0.3) is 0 Å². The monoisotopic (exact) mass is 320 g/mol. The van der Waals surface area contributed by atoms with E-state index in [1.165, 1.54) is 0 Å². The topological polar surface area (TPSA) is 95.7 Å². The molecule has 0 spiro atoms. The molecule has 0 aliphatic heterocycles. The average molecular weight is 321 g/mol. The second-order valence-corrected chi connectivity index (χ2v) is 4.67. The predicted molar refractivity (Wildman–Crippen MR) is 71.0 cm³/mol. The van der Waals surface area contributed by atoms with E-state index in [0.29, 0.717) is 29.6 Å². The van der Waals surface area contributed by atoms with E-state index in [1.54, 1.807) is 23.3 Å². The van der Waals surface area contributed by atoms with Gasteiger partial charge in [0.15, 0.2) is 0 Å². The first-order chi connectivity index (χ1) is 9.22. The standard InChI is InChI=1S/C11H9BrN6O/c12-8-2-1-3-14-10(8)11-16-9(19-17-11)6-18-5-7(13)4-15-18/h1-5H,6,13H2. The summed E-state index contributed by atoms with van der Waals surface area (Å²) in [7, 11) is 0. The number of nitrogens with zero attached hydrogens (tertiary/aromatic N) is 5. The first-order valence-corrected chi connectivity index (χ1v) is 6.23. The van der Waals surface area contributed by atoms with Crippen LogP contribution in [0.1, 0.15) is 5.89 Å². The molecule has 0 saturated carbocycles. The van der Waals surface area contributed by atoms with Crippen LogP contribution in [0.2, 0.25) is 0 Å². The van der Waals surface area contributed by atoms with Crippen molar-refractivity contribution in [3.63, 3.8) is 0 Å². The van der Waals surface area contributed by atoms with Gasteiger partial charge in [-0.15, -0.1) is 0 Å². The Labute approximate surface area is 116 Å². The fourth-order valence-corrected chi connectivity index (χ4v) is 2.00. The van der Waals surface area contributed by atoms with Crippen LogP contribution >= 0.6 is 15.9 Å². The highest BCUT2D eigenvalue weighted by molar-refractivity contribution is 9.10. The van der Waals surface area contributed by atoms with Crippen molar-refractivity contribution in [1.82, 2.24) is 24.9 Å². The lowest BCUT2D eigenvalue weighted by molar-refractivity contribution is 0.366. The van der Waals surface area contributed by atoms with E-state index in [4.69, 9.17) is 10.3 Å². The van der Waals surface area contributed by atoms with E-state index >= 15 is 0 Å². The number of aromatic nitrogens is 5. The number of rotatable bonds is 3. The van der Waals surface area contributed by atoms with E-state index < -0.39 is 0 Å². The normalized spacial score (nSPS) is 10.8. The molecule has 7 nitrogen and oxygen atoms in total. The summed E-state index contributed by atoms with van der Waals surface area (Å²) < 4.78 is 7.60. The smallest absolute Gasteiger partial charge is 0.248 e. The Kier molecular flexibility index (Phi) is 3.00. The summed E-state index contributed by atoms with van der Waals surface area (Å²) >= 11 is 3.39. The fourth-order valence-electron chi connectivity index (χ4n) is 1.57. The molecule has 0 radical (unpaired) electrons. The van der Waals surface area contributed by atoms with Crippen molar-refractivity contribution >= 4 is 21.6 Å². The molecule has 0 aliphatic carbocycles. The molecule has 0 atom stereocenters.